The summed E-state index contributed by atoms with van der Waals surface area (Å²) in [5.74, 6) is 1.29. The first kappa shape index (κ1) is 15.6. The molecule has 1 aliphatic heterocycles. The minimum absolute atomic E-state index is 0.0626. The number of carbonyl (C=O) groups excluding carboxylic acids is 1. The van der Waals surface area contributed by atoms with Crippen molar-refractivity contribution >= 4 is 5.91 Å². The monoisotopic (exact) mass is 292 g/mol. The SMILES string of the molecule is COc1cccc(OC(C)C(=O)NC2CCN(C)CC2)c1. The van der Waals surface area contributed by atoms with E-state index in [2.05, 4.69) is 17.3 Å². The lowest BCUT2D eigenvalue weighted by Gasteiger charge is -2.30. The second kappa shape index (κ2) is 7.31. The molecule has 0 spiro atoms. The molecule has 0 bridgehead atoms. The Morgan fingerprint density at radius 2 is 2.00 bits per heavy atom. The fourth-order valence-electron chi connectivity index (χ4n) is 2.40. The first-order chi connectivity index (χ1) is 10.1. The summed E-state index contributed by atoms with van der Waals surface area (Å²) in [6, 6.07) is 7.54. The van der Waals surface area contributed by atoms with Gasteiger partial charge in [-0.15, -0.1) is 0 Å². The highest BCUT2D eigenvalue weighted by molar-refractivity contribution is 5.81. The number of likely N-dealkylation sites (tertiary alicyclic amines) is 1. The molecule has 1 saturated heterocycles. The number of carbonyl (C=O) groups is 1. The van der Waals surface area contributed by atoms with Crippen LogP contribution in [0.5, 0.6) is 11.5 Å². The lowest BCUT2D eigenvalue weighted by molar-refractivity contribution is -0.128. The third kappa shape index (κ3) is 4.63. The van der Waals surface area contributed by atoms with E-state index in [4.69, 9.17) is 9.47 Å². The molecule has 1 heterocycles. The quantitative estimate of drug-likeness (QED) is 0.897. The second-order valence-electron chi connectivity index (χ2n) is 5.53. The Labute approximate surface area is 126 Å². The van der Waals surface area contributed by atoms with Gasteiger partial charge in [-0.25, -0.2) is 0 Å². The van der Waals surface area contributed by atoms with Gasteiger partial charge < -0.3 is 19.7 Å². The molecule has 0 radical (unpaired) electrons. The lowest BCUT2D eigenvalue weighted by Crippen LogP contribution is -2.47. The number of piperidine rings is 1. The summed E-state index contributed by atoms with van der Waals surface area (Å²) in [4.78, 5) is 14.4. The van der Waals surface area contributed by atoms with Gasteiger partial charge in [0, 0.05) is 12.1 Å². The molecule has 1 aromatic rings. The van der Waals surface area contributed by atoms with Crippen molar-refractivity contribution in [2.75, 3.05) is 27.2 Å². The van der Waals surface area contributed by atoms with Crippen LogP contribution >= 0.6 is 0 Å². The zero-order valence-electron chi connectivity index (χ0n) is 13.0. The Balaban J connectivity index is 1.84. The van der Waals surface area contributed by atoms with Crippen molar-refractivity contribution in [3.63, 3.8) is 0 Å². The Morgan fingerprint density at radius 1 is 1.33 bits per heavy atom. The van der Waals surface area contributed by atoms with Crippen molar-refractivity contribution in [3.05, 3.63) is 24.3 Å². The van der Waals surface area contributed by atoms with Crippen LogP contribution in [0, 0.1) is 0 Å². The smallest absolute Gasteiger partial charge is 0.260 e. The number of methoxy groups -OCH3 is 1. The van der Waals surface area contributed by atoms with Gasteiger partial charge in [-0.1, -0.05) is 6.07 Å². The summed E-state index contributed by atoms with van der Waals surface area (Å²) in [5, 5.41) is 3.07. The van der Waals surface area contributed by atoms with Crippen LogP contribution in [0.4, 0.5) is 0 Å². The average Bonchev–Trinajstić information content (AvgIpc) is 2.49. The molecule has 2 rings (SSSR count). The van der Waals surface area contributed by atoms with Crippen LogP contribution in [0.25, 0.3) is 0 Å². The average molecular weight is 292 g/mol. The largest absolute Gasteiger partial charge is 0.497 e. The highest BCUT2D eigenvalue weighted by Crippen LogP contribution is 2.20. The van der Waals surface area contributed by atoms with E-state index in [0.717, 1.165) is 31.7 Å². The highest BCUT2D eigenvalue weighted by atomic mass is 16.5. The van der Waals surface area contributed by atoms with Gasteiger partial charge in [0.1, 0.15) is 11.5 Å². The normalized spacial score (nSPS) is 18.0. The Morgan fingerprint density at radius 3 is 2.67 bits per heavy atom. The third-order valence-electron chi connectivity index (χ3n) is 3.79. The molecule has 1 atom stereocenters. The molecule has 1 N–H and O–H groups in total. The number of hydrogen-bond donors (Lipinski definition) is 1. The van der Waals surface area contributed by atoms with Gasteiger partial charge >= 0.3 is 0 Å². The summed E-state index contributed by atoms with van der Waals surface area (Å²) in [6.07, 6.45) is 1.47. The van der Waals surface area contributed by atoms with Crippen molar-refractivity contribution in [1.29, 1.82) is 0 Å². The van der Waals surface area contributed by atoms with Gasteiger partial charge in [0.15, 0.2) is 6.10 Å². The van der Waals surface area contributed by atoms with Gasteiger partial charge in [0.25, 0.3) is 5.91 Å². The molecule has 1 unspecified atom stereocenters. The van der Waals surface area contributed by atoms with E-state index in [0.29, 0.717) is 5.75 Å². The molecular weight excluding hydrogens is 268 g/mol. The third-order valence-corrected chi connectivity index (χ3v) is 3.79. The molecule has 116 valence electrons. The maximum absolute atomic E-state index is 12.2. The summed E-state index contributed by atoms with van der Waals surface area (Å²) in [5.41, 5.74) is 0. The maximum Gasteiger partial charge on any atom is 0.260 e. The summed E-state index contributed by atoms with van der Waals surface area (Å²) >= 11 is 0. The summed E-state index contributed by atoms with van der Waals surface area (Å²) < 4.78 is 10.8. The number of benzene rings is 1. The van der Waals surface area contributed by atoms with E-state index < -0.39 is 6.10 Å². The molecule has 0 aromatic heterocycles. The fourth-order valence-corrected chi connectivity index (χ4v) is 2.40. The van der Waals surface area contributed by atoms with E-state index in [1.54, 1.807) is 20.1 Å². The number of amides is 1. The van der Waals surface area contributed by atoms with Gasteiger partial charge in [-0.2, -0.15) is 0 Å². The fraction of sp³-hybridized carbons (Fsp3) is 0.562. The van der Waals surface area contributed by atoms with Gasteiger partial charge in [-0.05, 0) is 52.0 Å². The first-order valence-corrected chi connectivity index (χ1v) is 7.38. The maximum atomic E-state index is 12.2. The molecule has 0 aliphatic carbocycles. The molecule has 5 nitrogen and oxygen atoms in total. The van der Waals surface area contributed by atoms with Gasteiger partial charge in [0.05, 0.1) is 7.11 Å². The zero-order valence-corrected chi connectivity index (χ0v) is 13.0. The zero-order chi connectivity index (χ0) is 15.2. The van der Waals surface area contributed by atoms with Crippen molar-refractivity contribution < 1.29 is 14.3 Å². The standard InChI is InChI=1S/C16H24N2O3/c1-12(21-15-6-4-5-14(11-15)20-3)16(19)17-13-7-9-18(2)10-8-13/h4-6,11-13H,7-10H2,1-3H3,(H,17,19). The van der Waals surface area contributed by atoms with Crippen LogP contribution in [0.2, 0.25) is 0 Å². The van der Waals surface area contributed by atoms with Crippen molar-refractivity contribution in [3.8, 4) is 11.5 Å². The minimum Gasteiger partial charge on any atom is -0.497 e. The molecule has 21 heavy (non-hydrogen) atoms. The van der Waals surface area contributed by atoms with E-state index in [-0.39, 0.29) is 11.9 Å². The van der Waals surface area contributed by atoms with Gasteiger partial charge in [-0.3, -0.25) is 4.79 Å². The van der Waals surface area contributed by atoms with E-state index in [1.165, 1.54) is 0 Å². The predicted molar refractivity (Wildman–Crippen MR) is 81.7 cm³/mol. The van der Waals surface area contributed by atoms with E-state index >= 15 is 0 Å². The van der Waals surface area contributed by atoms with E-state index in [9.17, 15) is 4.79 Å². The topological polar surface area (TPSA) is 50.8 Å². The Kier molecular flexibility index (Phi) is 5.44. The molecule has 1 fully saturated rings. The second-order valence-corrected chi connectivity index (χ2v) is 5.53. The highest BCUT2D eigenvalue weighted by Gasteiger charge is 2.22. The van der Waals surface area contributed by atoms with Crippen LogP contribution < -0.4 is 14.8 Å². The summed E-state index contributed by atoms with van der Waals surface area (Å²) in [7, 11) is 3.71. The van der Waals surface area contributed by atoms with Crippen LogP contribution in [-0.2, 0) is 4.79 Å². The number of nitrogens with one attached hydrogen (secondary N) is 1. The number of nitrogens with zero attached hydrogens (tertiary/aromatic N) is 1. The van der Waals surface area contributed by atoms with Crippen molar-refractivity contribution in [1.82, 2.24) is 10.2 Å². The van der Waals surface area contributed by atoms with Gasteiger partial charge in [0.2, 0.25) is 0 Å². The van der Waals surface area contributed by atoms with E-state index in [1.807, 2.05) is 18.2 Å². The first-order valence-electron chi connectivity index (χ1n) is 7.38. The molecule has 0 saturated carbocycles. The minimum atomic E-state index is -0.517. The lowest BCUT2D eigenvalue weighted by atomic mass is 10.1. The van der Waals surface area contributed by atoms with Crippen LogP contribution in [-0.4, -0.2) is 50.2 Å². The molecule has 5 heteroatoms. The van der Waals surface area contributed by atoms with Crippen molar-refractivity contribution in [2.24, 2.45) is 0 Å². The number of ether oxygens (including phenoxy) is 2. The van der Waals surface area contributed by atoms with Crippen LogP contribution in [0.15, 0.2) is 24.3 Å². The van der Waals surface area contributed by atoms with Crippen molar-refractivity contribution in [2.45, 2.75) is 31.9 Å². The molecular formula is C16H24N2O3. The molecule has 1 aromatic carbocycles. The van der Waals surface area contributed by atoms with Crippen LogP contribution in [0.3, 0.4) is 0 Å². The Hall–Kier alpha value is -1.75. The Bertz CT molecular complexity index is 470. The molecule has 1 aliphatic rings. The molecule has 1 amide bonds. The number of rotatable bonds is 5. The summed E-state index contributed by atoms with van der Waals surface area (Å²) in [6.45, 7) is 3.82. The van der Waals surface area contributed by atoms with Crippen LogP contribution in [0.1, 0.15) is 19.8 Å². The number of hydrogen-bond acceptors (Lipinski definition) is 4. The predicted octanol–water partition coefficient (Wildman–Crippen LogP) is 1.67.